The van der Waals surface area contributed by atoms with Crippen molar-refractivity contribution in [1.29, 1.82) is 0 Å². The Balaban J connectivity index is 1.42. The number of thioether (sulfide) groups is 1. The van der Waals surface area contributed by atoms with Crippen LogP contribution in [0.4, 0.5) is 0 Å². The van der Waals surface area contributed by atoms with E-state index in [-0.39, 0.29) is 23.8 Å². The van der Waals surface area contributed by atoms with Crippen molar-refractivity contribution >= 4 is 34.9 Å². The fourth-order valence-electron chi connectivity index (χ4n) is 3.33. The molecule has 0 unspecified atom stereocenters. The molecule has 1 saturated heterocycles. The zero-order valence-electron chi connectivity index (χ0n) is 16.0. The van der Waals surface area contributed by atoms with Gasteiger partial charge in [-0.1, -0.05) is 18.2 Å². The van der Waals surface area contributed by atoms with Crippen molar-refractivity contribution in [2.45, 2.75) is 23.8 Å². The Bertz CT molecular complexity index is 755. The third-order valence-electron chi connectivity index (χ3n) is 4.70. The highest BCUT2D eigenvalue weighted by molar-refractivity contribution is 7.99. The predicted molar refractivity (Wildman–Crippen MR) is 114 cm³/mol. The third-order valence-corrected chi connectivity index (χ3v) is 6.49. The van der Waals surface area contributed by atoms with Crippen LogP contribution in [0.25, 0.3) is 0 Å². The number of carbonyl (C=O) groups is 2. The fraction of sp³-hybridized carbons (Fsp3) is 0.450. The van der Waals surface area contributed by atoms with E-state index >= 15 is 0 Å². The number of nitrogens with zero attached hydrogens (tertiary/aromatic N) is 2. The number of benzene rings is 1. The zero-order valence-corrected chi connectivity index (χ0v) is 17.6. The lowest BCUT2D eigenvalue weighted by atomic mass is 10.0. The van der Waals surface area contributed by atoms with E-state index in [0.717, 1.165) is 25.1 Å². The van der Waals surface area contributed by atoms with Gasteiger partial charge in [0.1, 0.15) is 4.88 Å². The Morgan fingerprint density at radius 1 is 1.25 bits per heavy atom. The molecule has 8 heteroatoms. The second-order valence-electron chi connectivity index (χ2n) is 6.98. The van der Waals surface area contributed by atoms with Crippen LogP contribution in [0.5, 0.6) is 0 Å². The van der Waals surface area contributed by atoms with E-state index in [9.17, 15) is 9.59 Å². The Kier molecular flexibility index (Phi) is 7.88. The lowest BCUT2D eigenvalue weighted by molar-refractivity contribution is -0.125. The number of nitrogens with one attached hydrogen (secondary N) is 2. The quantitative estimate of drug-likeness (QED) is 0.534. The first-order valence-corrected chi connectivity index (χ1v) is 11.3. The largest absolute Gasteiger partial charge is 0.355 e. The van der Waals surface area contributed by atoms with E-state index in [2.05, 4.69) is 32.7 Å². The number of rotatable bonds is 7. The molecule has 0 radical (unpaired) electrons. The number of amides is 2. The van der Waals surface area contributed by atoms with Crippen molar-refractivity contribution in [2.24, 2.45) is 5.92 Å². The SMILES string of the molecule is CN1C[C@@H](NC(=O)c2cncs2)CC[C@@H](C(=O)NCCSc2ccccc2)C1. The van der Waals surface area contributed by atoms with E-state index in [1.807, 2.05) is 25.2 Å². The van der Waals surface area contributed by atoms with Gasteiger partial charge in [-0.05, 0) is 32.0 Å². The zero-order chi connectivity index (χ0) is 19.8. The smallest absolute Gasteiger partial charge is 0.263 e. The molecule has 1 fully saturated rings. The van der Waals surface area contributed by atoms with Crippen molar-refractivity contribution in [2.75, 3.05) is 32.4 Å². The molecule has 3 rings (SSSR count). The normalized spacial score (nSPS) is 20.3. The molecule has 28 heavy (non-hydrogen) atoms. The van der Waals surface area contributed by atoms with Crippen LogP contribution in [0.15, 0.2) is 46.9 Å². The van der Waals surface area contributed by atoms with Crippen LogP contribution in [0.1, 0.15) is 22.5 Å². The number of hydrogen-bond acceptors (Lipinski definition) is 6. The number of likely N-dealkylation sites (N-methyl/N-ethyl adjacent to an activating group) is 1. The average Bonchev–Trinajstić information content (AvgIpc) is 3.17. The molecule has 150 valence electrons. The van der Waals surface area contributed by atoms with Gasteiger partial charge in [0.05, 0.1) is 17.6 Å². The maximum atomic E-state index is 12.6. The Hall–Kier alpha value is -1.90. The predicted octanol–water partition coefficient (Wildman–Crippen LogP) is 2.49. The highest BCUT2D eigenvalue weighted by Gasteiger charge is 2.27. The number of likely N-dealkylation sites (tertiary alicyclic amines) is 1. The number of hydrogen-bond donors (Lipinski definition) is 2. The van der Waals surface area contributed by atoms with Gasteiger partial charge in [0.25, 0.3) is 5.91 Å². The summed E-state index contributed by atoms with van der Waals surface area (Å²) in [6.45, 7) is 2.12. The molecule has 2 N–H and O–H groups in total. The van der Waals surface area contributed by atoms with E-state index < -0.39 is 0 Å². The lowest BCUT2D eigenvalue weighted by Crippen LogP contribution is -2.41. The van der Waals surface area contributed by atoms with E-state index in [1.165, 1.54) is 16.2 Å². The van der Waals surface area contributed by atoms with Crippen LogP contribution >= 0.6 is 23.1 Å². The first-order chi connectivity index (χ1) is 13.6. The Morgan fingerprint density at radius 3 is 2.82 bits per heavy atom. The summed E-state index contributed by atoms with van der Waals surface area (Å²) in [5.41, 5.74) is 1.66. The van der Waals surface area contributed by atoms with Gasteiger partial charge in [-0.25, -0.2) is 0 Å². The molecule has 2 aromatic rings. The molecule has 1 aliphatic heterocycles. The maximum Gasteiger partial charge on any atom is 0.263 e. The molecule has 2 heterocycles. The summed E-state index contributed by atoms with van der Waals surface area (Å²) in [6.07, 6.45) is 3.16. The molecular formula is C20H26N4O2S2. The van der Waals surface area contributed by atoms with Gasteiger partial charge < -0.3 is 15.5 Å². The highest BCUT2D eigenvalue weighted by atomic mass is 32.2. The van der Waals surface area contributed by atoms with Gasteiger partial charge in [-0.15, -0.1) is 23.1 Å². The average molecular weight is 419 g/mol. The molecular weight excluding hydrogens is 392 g/mol. The van der Waals surface area contributed by atoms with Gasteiger partial charge in [-0.3, -0.25) is 14.6 Å². The van der Waals surface area contributed by atoms with E-state index in [1.54, 1.807) is 23.5 Å². The third kappa shape index (κ3) is 6.32. The lowest BCUT2D eigenvalue weighted by Gasteiger charge is -2.21. The number of aromatic nitrogens is 1. The summed E-state index contributed by atoms with van der Waals surface area (Å²) < 4.78 is 0. The van der Waals surface area contributed by atoms with E-state index in [0.29, 0.717) is 18.0 Å². The fourth-order valence-corrected chi connectivity index (χ4v) is 4.64. The van der Waals surface area contributed by atoms with Crippen LogP contribution < -0.4 is 10.6 Å². The molecule has 0 saturated carbocycles. The topological polar surface area (TPSA) is 74.3 Å². The minimum Gasteiger partial charge on any atom is -0.355 e. The Labute approximate surface area is 174 Å². The molecule has 2 atom stereocenters. The molecule has 0 bridgehead atoms. The van der Waals surface area contributed by atoms with Gasteiger partial charge in [0.2, 0.25) is 5.91 Å². The van der Waals surface area contributed by atoms with Crippen LogP contribution in [0, 0.1) is 5.92 Å². The molecule has 6 nitrogen and oxygen atoms in total. The molecule has 1 aromatic carbocycles. The second kappa shape index (κ2) is 10.6. The molecule has 0 spiro atoms. The first-order valence-electron chi connectivity index (χ1n) is 9.45. The molecule has 2 amide bonds. The van der Waals surface area contributed by atoms with Gasteiger partial charge in [-0.2, -0.15) is 0 Å². The van der Waals surface area contributed by atoms with Crippen molar-refractivity contribution < 1.29 is 9.59 Å². The minimum atomic E-state index is -0.0817. The summed E-state index contributed by atoms with van der Waals surface area (Å²) >= 11 is 3.08. The Morgan fingerprint density at radius 2 is 2.07 bits per heavy atom. The summed E-state index contributed by atoms with van der Waals surface area (Å²) in [7, 11) is 2.00. The summed E-state index contributed by atoms with van der Waals surface area (Å²) in [4.78, 5) is 32.8. The van der Waals surface area contributed by atoms with Gasteiger partial charge >= 0.3 is 0 Å². The van der Waals surface area contributed by atoms with Crippen molar-refractivity contribution in [1.82, 2.24) is 20.5 Å². The maximum absolute atomic E-state index is 12.6. The van der Waals surface area contributed by atoms with E-state index in [4.69, 9.17) is 0 Å². The molecule has 1 aromatic heterocycles. The first kappa shape index (κ1) is 20.8. The van der Waals surface area contributed by atoms with Crippen molar-refractivity contribution in [3.63, 3.8) is 0 Å². The van der Waals surface area contributed by atoms with Crippen LogP contribution in [-0.4, -0.2) is 60.2 Å². The van der Waals surface area contributed by atoms with Gasteiger partial charge in [0, 0.05) is 36.3 Å². The van der Waals surface area contributed by atoms with Crippen LogP contribution in [0.3, 0.4) is 0 Å². The monoisotopic (exact) mass is 418 g/mol. The minimum absolute atomic E-state index is 0.0444. The van der Waals surface area contributed by atoms with Crippen molar-refractivity contribution in [3.05, 3.63) is 46.9 Å². The standard InChI is InChI=1S/C20H26N4O2S2/c1-24-12-15(19(25)22-9-10-27-17-5-3-2-4-6-17)7-8-16(13-24)23-20(26)18-11-21-14-28-18/h2-6,11,14-16H,7-10,12-13H2,1H3,(H,22,25)(H,23,26)/t15-,16+/m1/s1. The summed E-state index contributed by atoms with van der Waals surface area (Å²) in [5, 5.41) is 6.14. The summed E-state index contributed by atoms with van der Waals surface area (Å²) in [6, 6.07) is 10.2. The van der Waals surface area contributed by atoms with Crippen molar-refractivity contribution in [3.8, 4) is 0 Å². The van der Waals surface area contributed by atoms with Gasteiger partial charge in [0.15, 0.2) is 0 Å². The molecule has 1 aliphatic rings. The molecule has 0 aliphatic carbocycles. The van der Waals surface area contributed by atoms with Crippen LogP contribution in [-0.2, 0) is 4.79 Å². The number of carbonyl (C=O) groups excluding carboxylic acids is 2. The van der Waals surface area contributed by atoms with Crippen LogP contribution in [0.2, 0.25) is 0 Å². The highest BCUT2D eigenvalue weighted by Crippen LogP contribution is 2.18. The summed E-state index contributed by atoms with van der Waals surface area (Å²) in [5.74, 6) is 0.833. The number of thiazole rings is 1. The second-order valence-corrected chi connectivity index (χ2v) is 9.04.